The number of nitrogen functional groups attached to an aromatic ring is 1. The molecule has 5 nitrogen and oxygen atoms in total. The van der Waals surface area contributed by atoms with Gasteiger partial charge >= 0.3 is 0 Å². The van der Waals surface area contributed by atoms with Crippen LogP contribution in [0.3, 0.4) is 0 Å². The van der Waals surface area contributed by atoms with Crippen molar-refractivity contribution < 1.29 is 0 Å². The van der Waals surface area contributed by atoms with Crippen LogP contribution in [0.25, 0.3) is 5.69 Å². The maximum atomic E-state index is 8.71. The van der Waals surface area contributed by atoms with Crippen molar-refractivity contribution in [3.8, 4) is 17.8 Å². The van der Waals surface area contributed by atoms with Gasteiger partial charge in [0.1, 0.15) is 18.2 Å². The molecule has 0 aliphatic heterocycles. The van der Waals surface area contributed by atoms with Gasteiger partial charge in [0.15, 0.2) is 5.69 Å². The van der Waals surface area contributed by atoms with Crippen molar-refractivity contribution in [1.82, 2.24) is 9.55 Å². The molecule has 0 aliphatic rings. The predicted octanol–water partition coefficient (Wildman–Crippen LogP) is 1.20. The lowest BCUT2D eigenvalue weighted by atomic mass is 10.2. The summed E-state index contributed by atoms with van der Waals surface area (Å²) in [6.07, 6.45) is 1.48. The molecular formula is C11H7N5. The topological polar surface area (TPSA) is 91.4 Å². The SMILES string of the molecule is N#Cc1ccc(-n2cnc(C#N)c2N)cc1. The van der Waals surface area contributed by atoms with E-state index in [0.29, 0.717) is 11.4 Å². The van der Waals surface area contributed by atoms with Gasteiger partial charge in [-0.3, -0.25) is 4.57 Å². The van der Waals surface area contributed by atoms with E-state index in [4.69, 9.17) is 16.3 Å². The molecule has 2 N–H and O–H groups in total. The summed E-state index contributed by atoms with van der Waals surface area (Å²) in [7, 11) is 0. The number of imidazole rings is 1. The molecule has 0 spiro atoms. The Morgan fingerprint density at radius 3 is 2.31 bits per heavy atom. The van der Waals surface area contributed by atoms with Crippen molar-refractivity contribution in [3.05, 3.63) is 41.9 Å². The van der Waals surface area contributed by atoms with Crippen LogP contribution in [-0.2, 0) is 0 Å². The van der Waals surface area contributed by atoms with E-state index < -0.39 is 0 Å². The summed E-state index contributed by atoms with van der Waals surface area (Å²) in [5.41, 5.74) is 7.27. The van der Waals surface area contributed by atoms with Gasteiger partial charge in [-0.2, -0.15) is 10.5 Å². The lowest BCUT2D eigenvalue weighted by molar-refractivity contribution is 1.07. The van der Waals surface area contributed by atoms with E-state index in [0.717, 1.165) is 5.69 Å². The van der Waals surface area contributed by atoms with Crippen molar-refractivity contribution in [1.29, 1.82) is 10.5 Å². The van der Waals surface area contributed by atoms with Crippen LogP contribution in [0.4, 0.5) is 5.82 Å². The minimum Gasteiger partial charge on any atom is -0.382 e. The van der Waals surface area contributed by atoms with Gasteiger partial charge in [-0.25, -0.2) is 4.98 Å². The van der Waals surface area contributed by atoms with Crippen molar-refractivity contribution in [2.45, 2.75) is 0 Å². The van der Waals surface area contributed by atoms with Gasteiger partial charge in [0.25, 0.3) is 0 Å². The number of rotatable bonds is 1. The number of benzene rings is 1. The smallest absolute Gasteiger partial charge is 0.182 e. The fourth-order valence-electron chi connectivity index (χ4n) is 1.35. The van der Waals surface area contributed by atoms with Gasteiger partial charge in [-0.05, 0) is 24.3 Å². The largest absolute Gasteiger partial charge is 0.382 e. The average Bonchev–Trinajstić information content (AvgIpc) is 2.70. The minimum atomic E-state index is 0.198. The molecule has 2 aromatic rings. The van der Waals surface area contributed by atoms with E-state index in [2.05, 4.69) is 4.98 Å². The molecule has 0 fully saturated rings. The van der Waals surface area contributed by atoms with Gasteiger partial charge in [0.2, 0.25) is 0 Å². The molecular weight excluding hydrogens is 202 g/mol. The molecule has 0 amide bonds. The molecule has 0 atom stereocenters. The summed E-state index contributed by atoms with van der Waals surface area (Å²) in [6, 6.07) is 10.8. The molecule has 1 aromatic heterocycles. The van der Waals surface area contributed by atoms with E-state index >= 15 is 0 Å². The molecule has 5 heteroatoms. The zero-order chi connectivity index (χ0) is 11.5. The van der Waals surface area contributed by atoms with Crippen molar-refractivity contribution in [3.63, 3.8) is 0 Å². The molecule has 2 rings (SSSR count). The minimum absolute atomic E-state index is 0.198. The first-order valence-electron chi connectivity index (χ1n) is 4.49. The number of nitriles is 2. The fraction of sp³-hybridized carbons (Fsp3) is 0. The summed E-state index contributed by atoms with van der Waals surface area (Å²) >= 11 is 0. The first-order chi connectivity index (χ1) is 7.76. The summed E-state index contributed by atoms with van der Waals surface area (Å²) in [4.78, 5) is 3.87. The van der Waals surface area contributed by atoms with Gasteiger partial charge in [0.05, 0.1) is 11.6 Å². The molecule has 0 bridgehead atoms. The zero-order valence-electron chi connectivity index (χ0n) is 8.25. The van der Waals surface area contributed by atoms with Crippen molar-refractivity contribution in [2.24, 2.45) is 0 Å². The Morgan fingerprint density at radius 2 is 1.81 bits per heavy atom. The molecule has 16 heavy (non-hydrogen) atoms. The number of hydrogen-bond acceptors (Lipinski definition) is 4. The molecule has 76 valence electrons. The lowest BCUT2D eigenvalue weighted by Crippen LogP contribution is -1.99. The van der Waals surface area contributed by atoms with E-state index in [1.165, 1.54) is 6.33 Å². The highest BCUT2D eigenvalue weighted by molar-refractivity contribution is 5.51. The molecule has 0 saturated carbocycles. The Hall–Kier alpha value is -2.79. The molecule has 0 aliphatic carbocycles. The van der Waals surface area contributed by atoms with Crippen LogP contribution in [0.2, 0.25) is 0 Å². The van der Waals surface area contributed by atoms with E-state index in [9.17, 15) is 0 Å². The zero-order valence-corrected chi connectivity index (χ0v) is 8.25. The Labute approximate surface area is 92.0 Å². The number of anilines is 1. The highest BCUT2D eigenvalue weighted by Crippen LogP contribution is 2.16. The van der Waals surface area contributed by atoms with Gasteiger partial charge in [0, 0.05) is 5.69 Å². The Balaban J connectivity index is 2.48. The van der Waals surface area contributed by atoms with Crippen LogP contribution >= 0.6 is 0 Å². The Kier molecular flexibility index (Phi) is 2.29. The highest BCUT2D eigenvalue weighted by Gasteiger charge is 2.07. The van der Waals surface area contributed by atoms with E-state index in [1.807, 2.05) is 12.1 Å². The van der Waals surface area contributed by atoms with Gasteiger partial charge < -0.3 is 5.73 Å². The first kappa shape index (κ1) is 9.75. The van der Waals surface area contributed by atoms with Crippen LogP contribution in [0.15, 0.2) is 30.6 Å². The van der Waals surface area contributed by atoms with E-state index in [-0.39, 0.29) is 5.69 Å². The third-order valence-electron chi connectivity index (χ3n) is 2.18. The van der Waals surface area contributed by atoms with Crippen LogP contribution in [-0.4, -0.2) is 9.55 Å². The van der Waals surface area contributed by atoms with Crippen LogP contribution in [0.5, 0.6) is 0 Å². The van der Waals surface area contributed by atoms with Crippen LogP contribution < -0.4 is 5.73 Å². The summed E-state index contributed by atoms with van der Waals surface area (Å²) in [5, 5.41) is 17.4. The third-order valence-corrected chi connectivity index (χ3v) is 2.18. The second-order valence-corrected chi connectivity index (χ2v) is 3.12. The maximum Gasteiger partial charge on any atom is 0.182 e. The first-order valence-corrected chi connectivity index (χ1v) is 4.49. The van der Waals surface area contributed by atoms with Crippen LogP contribution in [0, 0.1) is 22.7 Å². The summed E-state index contributed by atoms with van der Waals surface area (Å²) in [5.74, 6) is 0.298. The number of nitrogens with two attached hydrogens (primary N) is 1. The van der Waals surface area contributed by atoms with Crippen LogP contribution in [0.1, 0.15) is 11.3 Å². The van der Waals surface area contributed by atoms with E-state index in [1.54, 1.807) is 28.8 Å². The maximum absolute atomic E-state index is 8.71. The van der Waals surface area contributed by atoms with Crippen molar-refractivity contribution in [2.75, 3.05) is 5.73 Å². The normalized spacial score (nSPS) is 9.38. The Bertz CT molecular complexity index is 595. The van der Waals surface area contributed by atoms with Gasteiger partial charge in [-0.1, -0.05) is 0 Å². The molecule has 1 aromatic carbocycles. The molecule has 0 unspecified atom stereocenters. The van der Waals surface area contributed by atoms with Gasteiger partial charge in [-0.15, -0.1) is 0 Å². The standard InChI is InChI=1S/C11H7N5/c12-5-8-1-3-9(4-2-8)16-7-15-10(6-13)11(16)14/h1-4,7H,14H2. The quantitative estimate of drug-likeness (QED) is 0.763. The number of hydrogen-bond donors (Lipinski definition) is 1. The highest BCUT2D eigenvalue weighted by atomic mass is 15.1. The average molecular weight is 209 g/mol. The Morgan fingerprint density at radius 1 is 1.12 bits per heavy atom. The third kappa shape index (κ3) is 1.47. The molecule has 0 saturated heterocycles. The second-order valence-electron chi connectivity index (χ2n) is 3.12. The second kappa shape index (κ2) is 3.76. The molecule has 0 radical (unpaired) electrons. The number of nitrogens with zero attached hydrogens (tertiary/aromatic N) is 4. The lowest BCUT2D eigenvalue weighted by Gasteiger charge is -2.03. The number of aromatic nitrogens is 2. The summed E-state index contributed by atoms with van der Waals surface area (Å²) < 4.78 is 1.60. The van der Waals surface area contributed by atoms with Crippen molar-refractivity contribution >= 4 is 5.82 Å². The summed E-state index contributed by atoms with van der Waals surface area (Å²) in [6.45, 7) is 0. The molecule has 1 heterocycles. The monoisotopic (exact) mass is 209 g/mol. The fourth-order valence-corrected chi connectivity index (χ4v) is 1.35. The predicted molar refractivity (Wildman–Crippen MR) is 57.4 cm³/mol.